The normalized spacial score (nSPS) is 21.2. The van der Waals surface area contributed by atoms with Crippen LogP contribution in [0.25, 0.3) is 0 Å². The third-order valence-corrected chi connectivity index (χ3v) is 1.42. The predicted molar refractivity (Wildman–Crippen MR) is 38.8 cm³/mol. The number of amides is 1. The van der Waals surface area contributed by atoms with Crippen LogP contribution in [0.5, 0.6) is 0 Å². The van der Waals surface area contributed by atoms with Gasteiger partial charge in [0, 0.05) is 6.42 Å². The largest absolute Gasteiger partial charge is 1.00 e. The van der Waals surface area contributed by atoms with Crippen molar-refractivity contribution in [2.75, 3.05) is 13.2 Å². The molecule has 1 rings (SSSR count). The smallest absolute Gasteiger partial charge is 0.471 e. The average Bonchev–Trinajstić information content (AvgIpc) is 2.40. The molecule has 0 aromatic carbocycles. The van der Waals surface area contributed by atoms with Crippen LogP contribution in [0.2, 0.25) is 0 Å². The SMILES string of the molecule is C[CH-]NC(=O)OC1CCOC1.[Ru+]. The number of rotatable bonds is 2. The summed E-state index contributed by atoms with van der Waals surface area (Å²) in [4.78, 5) is 10.8. The summed E-state index contributed by atoms with van der Waals surface area (Å²) in [5, 5.41) is 2.43. The number of carbonyl (C=O) groups is 1. The molecule has 1 N–H and O–H groups in total. The zero-order valence-corrected chi connectivity index (χ0v) is 8.59. The Morgan fingerprint density at radius 1 is 1.75 bits per heavy atom. The number of ether oxygens (including phenoxy) is 2. The minimum absolute atomic E-state index is 0. The fourth-order valence-corrected chi connectivity index (χ4v) is 0.909. The molecule has 0 spiro atoms. The molecule has 0 aromatic heterocycles. The van der Waals surface area contributed by atoms with Crippen LogP contribution in [0.1, 0.15) is 13.3 Å². The molecule has 4 nitrogen and oxygen atoms in total. The second-order valence-corrected chi connectivity index (χ2v) is 2.32. The van der Waals surface area contributed by atoms with E-state index in [-0.39, 0.29) is 25.6 Å². The average molecular weight is 259 g/mol. The minimum Gasteiger partial charge on any atom is -0.471 e. The maximum absolute atomic E-state index is 10.8. The summed E-state index contributed by atoms with van der Waals surface area (Å²) in [5.41, 5.74) is 0. The maximum atomic E-state index is 10.8. The van der Waals surface area contributed by atoms with Gasteiger partial charge < -0.3 is 14.8 Å². The fraction of sp³-hybridized carbons (Fsp3) is 0.714. The van der Waals surface area contributed by atoms with E-state index in [0.29, 0.717) is 13.2 Å². The molecule has 1 amide bonds. The van der Waals surface area contributed by atoms with Gasteiger partial charge in [0.1, 0.15) is 6.10 Å². The number of alkyl carbamates (subject to hydrolysis) is 1. The van der Waals surface area contributed by atoms with E-state index in [1.54, 1.807) is 6.92 Å². The number of hydrogen-bond acceptors (Lipinski definition) is 3. The van der Waals surface area contributed by atoms with Gasteiger partial charge in [-0.05, 0) is 0 Å². The third kappa shape index (κ3) is 4.02. The molecule has 1 aliphatic heterocycles. The van der Waals surface area contributed by atoms with Crippen molar-refractivity contribution in [3.8, 4) is 0 Å². The van der Waals surface area contributed by atoms with Gasteiger partial charge in [0.25, 0.3) is 0 Å². The van der Waals surface area contributed by atoms with Gasteiger partial charge in [-0.2, -0.15) is 6.92 Å². The molecular formula is C7H12NO3Ru. The monoisotopic (exact) mass is 260 g/mol. The first-order valence-electron chi connectivity index (χ1n) is 3.65. The van der Waals surface area contributed by atoms with Gasteiger partial charge in [-0.15, -0.1) is 0 Å². The summed E-state index contributed by atoms with van der Waals surface area (Å²) in [7, 11) is 0. The number of carbonyl (C=O) groups excluding carboxylic acids is 1. The molecule has 1 atom stereocenters. The Hall–Kier alpha value is -0.147. The van der Waals surface area contributed by atoms with Gasteiger partial charge in [0.15, 0.2) is 0 Å². The van der Waals surface area contributed by atoms with Crippen molar-refractivity contribution in [1.29, 1.82) is 0 Å². The van der Waals surface area contributed by atoms with Gasteiger partial charge in [-0.3, -0.25) is 0 Å². The van der Waals surface area contributed by atoms with Crippen molar-refractivity contribution in [3.05, 3.63) is 6.54 Å². The van der Waals surface area contributed by atoms with Crippen LogP contribution in [0.3, 0.4) is 0 Å². The molecule has 1 aliphatic rings. The number of hydrogen-bond donors (Lipinski definition) is 1. The summed E-state index contributed by atoms with van der Waals surface area (Å²) in [6.07, 6.45) is 0.342. The first-order chi connectivity index (χ1) is 5.33. The van der Waals surface area contributed by atoms with E-state index in [1.807, 2.05) is 0 Å². The molecule has 12 heavy (non-hydrogen) atoms. The molecule has 1 radical (unpaired) electrons. The fourth-order valence-electron chi connectivity index (χ4n) is 0.909. The molecular weight excluding hydrogens is 247 g/mol. The van der Waals surface area contributed by atoms with Gasteiger partial charge in [0.05, 0.1) is 13.2 Å². The summed E-state index contributed by atoms with van der Waals surface area (Å²) < 4.78 is 9.97. The molecule has 1 heterocycles. The Labute approximate surface area is 84.7 Å². The van der Waals surface area contributed by atoms with Gasteiger partial charge in [-0.1, -0.05) is 0 Å². The maximum Gasteiger partial charge on any atom is 1.00 e. The molecule has 1 saturated heterocycles. The van der Waals surface area contributed by atoms with Crippen molar-refractivity contribution in [3.63, 3.8) is 0 Å². The van der Waals surface area contributed by atoms with E-state index in [0.717, 1.165) is 6.42 Å². The molecule has 0 saturated carbocycles. The van der Waals surface area contributed by atoms with Crippen molar-refractivity contribution in [1.82, 2.24) is 5.32 Å². The van der Waals surface area contributed by atoms with E-state index in [9.17, 15) is 4.79 Å². The number of nitrogens with one attached hydrogen (secondary N) is 1. The summed E-state index contributed by atoms with van der Waals surface area (Å²) >= 11 is 0. The molecule has 5 heteroatoms. The zero-order valence-electron chi connectivity index (χ0n) is 6.85. The quantitative estimate of drug-likeness (QED) is 0.586. The first-order valence-corrected chi connectivity index (χ1v) is 3.65. The van der Waals surface area contributed by atoms with E-state index in [4.69, 9.17) is 9.47 Å². The molecule has 0 aliphatic carbocycles. The van der Waals surface area contributed by atoms with Crippen molar-refractivity contribution in [2.24, 2.45) is 0 Å². The molecule has 0 bridgehead atoms. The van der Waals surface area contributed by atoms with Crippen LogP contribution in [0.4, 0.5) is 4.79 Å². The van der Waals surface area contributed by atoms with Crippen LogP contribution >= 0.6 is 0 Å². The Morgan fingerprint density at radius 2 is 2.50 bits per heavy atom. The second-order valence-electron chi connectivity index (χ2n) is 2.32. The van der Waals surface area contributed by atoms with E-state index in [2.05, 4.69) is 5.32 Å². The summed E-state index contributed by atoms with van der Waals surface area (Å²) in [5.74, 6) is 0. The first kappa shape index (κ1) is 11.9. The van der Waals surface area contributed by atoms with Crippen LogP contribution in [-0.2, 0) is 29.0 Å². The van der Waals surface area contributed by atoms with Crippen molar-refractivity contribution < 1.29 is 33.7 Å². The van der Waals surface area contributed by atoms with Crippen LogP contribution in [0, 0.1) is 6.54 Å². The van der Waals surface area contributed by atoms with Crippen LogP contribution in [0.15, 0.2) is 0 Å². The topological polar surface area (TPSA) is 47.6 Å². The van der Waals surface area contributed by atoms with E-state index < -0.39 is 6.09 Å². The van der Waals surface area contributed by atoms with Crippen LogP contribution in [-0.4, -0.2) is 25.4 Å². The molecule has 0 aromatic rings. The Morgan fingerprint density at radius 3 is 3.00 bits per heavy atom. The Bertz CT molecular complexity index is 137. The Balaban J connectivity index is 0.00000121. The Kier molecular flexibility index (Phi) is 6.30. The van der Waals surface area contributed by atoms with Gasteiger partial charge >= 0.3 is 25.6 Å². The summed E-state index contributed by atoms with van der Waals surface area (Å²) in [6.45, 7) is 4.48. The minimum atomic E-state index is -0.400. The van der Waals surface area contributed by atoms with Crippen molar-refractivity contribution >= 4 is 6.09 Å². The van der Waals surface area contributed by atoms with Crippen molar-refractivity contribution in [2.45, 2.75) is 19.4 Å². The molecule has 1 unspecified atom stereocenters. The second kappa shape index (κ2) is 6.38. The van der Waals surface area contributed by atoms with E-state index in [1.165, 1.54) is 6.54 Å². The zero-order chi connectivity index (χ0) is 8.10. The molecule has 71 valence electrons. The predicted octanol–water partition coefficient (Wildman–Crippen LogP) is 0.681. The van der Waals surface area contributed by atoms with Gasteiger partial charge in [-0.25, -0.2) is 11.3 Å². The van der Waals surface area contributed by atoms with Gasteiger partial charge in [0.2, 0.25) is 0 Å². The summed E-state index contributed by atoms with van der Waals surface area (Å²) in [6, 6.07) is 0. The standard InChI is InChI=1S/C7H12NO3.Ru/c1-2-8-7(9)11-6-3-4-10-5-6;/h2,6H,3-5H2,1H3,(H,8,9);/q-1;+1. The molecule has 1 fully saturated rings. The van der Waals surface area contributed by atoms with E-state index >= 15 is 0 Å². The van der Waals surface area contributed by atoms with Crippen LogP contribution < -0.4 is 5.32 Å². The third-order valence-electron chi connectivity index (χ3n) is 1.42.